The van der Waals surface area contributed by atoms with Crippen LogP contribution in [0.4, 0.5) is 27.6 Å². The Morgan fingerprint density at radius 3 is 2.25 bits per heavy atom. The first kappa shape index (κ1) is 27.2. The van der Waals surface area contributed by atoms with Crippen molar-refractivity contribution in [3.8, 4) is 0 Å². The first-order valence-electron chi connectivity index (χ1n) is 11.5. The Kier molecular flexibility index (Phi) is 7.43. The maximum Gasteiger partial charge on any atom is 0.421 e. The summed E-state index contributed by atoms with van der Waals surface area (Å²) < 4.78 is 94.9. The quantitative estimate of drug-likeness (QED) is 0.546. The number of aliphatic hydroxyl groups is 1. The molecule has 0 amide bonds. The van der Waals surface area contributed by atoms with E-state index in [-0.39, 0.29) is 55.3 Å². The second kappa shape index (κ2) is 9.82. The molecule has 0 bridgehead atoms. The Morgan fingerprint density at radius 2 is 1.69 bits per heavy atom. The number of alkyl halides is 5. The third-order valence-electron chi connectivity index (χ3n) is 6.90. The van der Waals surface area contributed by atoms with Gasteiger partial charge in [0, 0.05) is 57.8 Å². The number of hydrogen-bond acceptors (Lipinski definition) is 6. The van der Waals surface area contributed by atoms with Gasteiger partial charge in [0.1, 0.15) is 4.21 Å². The van der Waals surface area contributed by atoms with Crippen LogP contribution in [0.15, 0.2) is 46.0 Å². The minimum absolute atomic E-state index is 0.106. The average molecular weight is 554 g/mol. The maximum absolute atomic E-state index is 13.7. The van der Waals surface area contributed by atoms with Gasteiger partial charge in [0.2, 0.25) is 0 Å². The smallest absolute Gasteiger partial charge is 0.376 e. The second-order valence-electron chi connectivity index (χ2n) is 9.42. The summed E-state index contributed by atoms with van der Waals surface area (Å²) in [6.45, 7) is 1.89. The van der Waals surface area contributed by atoms with E-state index >= 15 is 0 Å². The van der Waals surface area contributed by atoms with Crippen LogP contribution in [0.3, 0.4) is 0 Å². The Bertz CT molecular complexity index is 1130. The van der Waals surface area contributed by atoms with Gasteiger partial charge in [-0.3, -0.25) is 0 Å². The zero-order valence-electron chi connectivity index (χ0n) is 19.6. The predicted octanol–water partition coefficient (Wildman–Crippen LogP) is 4.13. The van der Waals surface area contributed by atoms with E-state index < -0.39 is 33.8 Å². The van der Waals surface area contributed by atoms with E-state index in [1.165, 1.54) is 34.6 Å². The summed E-state index contributed by atoms with van der Waals surface area (Å²) in [4.78, 5) is 3.78. The SMILES string of the molecule is C[C@@](O)(c1ccc(N2CCN(S(=O)(=O)c3cccs3)C[C@H]2CN2CCC(F)(F)CC2)cc1)C(F)(F)F. The molecule has 1 aromatic carbocycles. The summed E-state index contributed by atoms with van der Waals surface area (Å²) in [5.74, 6) is -2.72. The minimum Gasteiger partial charge on any atom is -0.376 e. The van der Waals surface area contributed by atoms with Crippen molar-refractivity contribution in [3.05, 3.63) is 47.3 Å². The van der Waals surface area contributed by atoms with Gasteiger partial charge in [0.15, 0.2) is 5.60 Å². The summed E-state index contributed by atoms with van der Waals surface area (Å²) in [5, 5.41) is 11.6. The lowest BCUT2D eigenvalue weighted by Gasteiger charge is -2.45. The number of hydrogen-bond donors (Lipinski definition) is 1. The molecule has 0 radical (unpaired) electrons. The summed E-state index contributed by atoms with van der Waals surface area (Å²) in [6.07, 6.45) is -5.41. The summed E-state index contributed by atoms with van der Waals surface area (Å²) >= 11 is 1.11. The highest BCUT2D eigenvalue weighted by Crippen LogP contribution is 2.39. The Labute approximate surface area is 211 Å². The van der Waals surface area contributed by atoms with Crippen LogP contribution in [0.25, 0.3) is 0 Å². The lowest BCUT2D eigenvalue weighted by Crippen LogP contribution is -2.59. The molecule has 200 valence electrons. The van der Waals surface area contributed by atoms with Crippen molar-refractivity contribution in [2.45, 2.75) is 47.7 Å². The minimum atomic E-state index is -4.85. The maximum atomic E-state index is 13.7. The van der Waals surface area contributed by atoms with Crippen LogP contribution < -0.4 is 4.90 Å². The van der Waals surface area contributed by atoms with Gasteiger partial charge in [-0.1, -0.05) is 18.2 Å². The van der Waals surface area contributed by atoms with Crippen molar-refractivity contribution in [3.63, 3.8) is 0 Å². The molecule has 36 heavy (non-hydrogen) atoms. The van der Waals surface area contributed by atoms with Gasteiger partial charge in [-0.05, 0) is 36.1 Å². The van der Waals surface area contributed by atoms with Crippen molar-refractivity contribution in [1.82, 2.24) is 9.21 Å². The normalized spacial score (nSPS) is 24.0. The molecule has 4 rings (SSSR count). The van der Waals surface area contributed by atoms with E-state index in [4.69, 9.17) is 0 Å². The fourth-order valence-electron chi connectivity index (χ4n) is 4.58. The molecular formula is C23H28F5N3O3S2. The van der Waals surface area contributed by atoms with Crippen LogP contribution in [-0.4, -0.2) is 80.1 Å². The van der Waals surface area contributed by atoms with E-state index in [1.807, 2.05) is 9.80 Å². The van der Waals surface area contributed by atoms with E-state index in [1.54, 1.807) is 11.4 Å². The fourth-order valence-corrected chi connectivity index (χ4v) is 7.19. The van der Waals surface area contributed by atoms with Gasteiger partial charge in [0.25, 0.3) is 15.9 Å². The van der Waals surface area contributed by atoms with Gasteiger partial charge < -0.3 is 14.9 Å². The van der Waals surface area contributed by atoms with E-state index in [9.17, 15) is 35.5 Å². The molecule has 0 saturated carbocycles. The molecule has 1 N–H and O–H groups in total. The third-order valence-corrected chi connectivity index (χ3v) is 10.1. The number of piperazine rings is 1. The number of piperidine rings is 1. The third kappa shape index (κ3) is 5.54. The van der Waals surface area contributed by atoms with Crippen LogP contribution in [0, 0.1) is 0 Å². The highest BCUT2D eigenvalue weighted by Gasteiger charge is 2.51. The molecule has 2 aromatic rings. The number of rotatable bonds is 6. The van der Waals surface area contributed by atoms with Crippen LogP contribution in [0.1, 0.15) is 25.3 Å². The highest BCUT2D eigenvalue weighted by molar-refractivity contribution is 7.91. The lowest BCUT2D eigenvalue weighted by atomic mass is 9.95. The standard InChI is InChI=1S/C23H28F5N3O3S2/c1-21(32,23(26,27)28)17-4-6-18(7-5-17)31-13-12-30(36(33,34)20-3-2-14-35-20)16-19(31)15-29-10-8-22(24,25)9-11-29/h2-7,14,19,32H,8-13,15-16H2,1H3/t19-,21-/m1/s1. The number of thiophene rings is 1. The molecule has 0 unspecified atom stereocenters. The number of halogens is 5. The van der Waals surface area contributed by atoms with Gasteiger partial charge in [0.05, 0.1) is 6.04 Å². The van der Waals surface area contributed by atoms with E-state index in [0.29, 0.717) is 19.2 Å². The van der Waals surface area contributed by atoms with Gasteiger partial charge in [-0.25, -0.2) is 17.2 Å². The number of benzene rings is 1. The van der Waals surface area contributed by atoms with Crippen molar-refractivity contribution in [2.75, 3.05) is 44.2 Å². The first-order valence-corrected chi connectivity index (χ1v) is 13.8. The predicted molar refractivity (Wildman–Crippen MR) is 127 cm³/mol. The lowest BCUT2D eigenvalue weighted by molar-refractivity contribution is -0.258. The topological polar surface area (TPSA) is 64.1 Å². The zero-order chi connectivity index (χ0) is 26.4. The molecule has 2 saturated heterocycles. The highest BCUT2D eigenvalue weighted by atomic mass is 32.2. The molecule has 0 spiro atoms. The molecule has 2 aliphatic heterocycles. The van der Waals surface area contributed by atoms with Crippen molar-refractivity contribution in [1.29, 1.82) is 0 Å². The van der Waals surface area contributed by atoms with Crippen molar-refractivity contribution < 1.29 is 35.5 Å². The van der Waals surface area contributed by atoms with Crippen LogP contribution in [-0.2, 0) is 15.6 Å². The van der Waals surface area contributed by atoms with Gasteiger partial charge in [-0.2, -0.15) is 17.5 Å². The number of likely N-dealkylation sites (tertiary alicyclic amines) is 1. The van der Waals surface area contributed by atoms with Gasteiger partial charge in [-0.15, -0.1) is 11.3 Å². The van der Waals surface area contributed by atoms with Crippen LogP contribution >= 0.6 is 11.3 Å². The second-order valence-corrected chi connectivity index (χ2v) is 12.5. The molecule has 6 nitrogen and oxygen atoms in total. The first-order chi connectivity index (χ1) is 16.7. The van der Waals surface area contributed by atoms with Crippen molar-refractivity contribution in [2.24, 2.45) is 0 Å². The average Bonchev–Trinajstić information content (AvgIpc) is 3.36. The zero-order valence-corrected chi connectivity index (χ0v) is 21.2. The largest absolute Gasteiger partial charge is 0.421 e. The molecule has 0 aliphatic carbocycles. The van der Waals surface area contributed by atoms with Gasteiger partial charge >= 0.3 is 6.18 Å². The molecule has 13 heteroatoms. The number of anilines is 1. The summed E-state index contributed by atoms with van der Waals surface area (Å²) in [7, 11) is -3.73. The number of sulfonamides is 1. The van der Waals surface area contributed by atoms with Crippen molar-refractivity contribution >= 4 is 27.0 Å². The Hall–Kier alpha value is -1.80. The molecular weight excluding hydrogens is 525 g/mol. The monoisotopic (exact) mass is 553 g/mol. The molecule has 2 aliphatic rings. The van der Waals surface area contributed by atoms with Crippen LogP contribution in [0.5, 0.6) is 0 Å². The summed E-state index contributed by atoms with van der Waals surface area (Å²) in [5.41, 5.74) is -2.76. The molecule has 2 fully saturated rings. The molecule has 1 aromatic heterocycles. The summed E-state index contributed by atoms with van der Waals surface area (Å²) in [6, 6.07) is 8.11. The van der Waals surface area contributed by atoms with E-state index in [0.717, 1.165) is 11.3 Å². The van der Waals surface area contributed by atoms with Crippen LogP contribution in [0.2, 0.25) is 0 Å². The Balaban J connectivity index is 1.58. The fraction of sp³-hybridized carbons (Fsp3) is 0.565. The number of nitrogens with zero attached hydrogens (tertiary/aromatic N) is 3. The molecule has 2 atom stereocenters. The van der Waals surface area contributed by atoms with E-state index in [2.05, 4.69) is 0 Å². The Morgan fingerprint density at radius 1 is 1.06 bits per heavy atom. The molecule has 3 heterocycles.